The summed E-state index contributed by atoms with van der Waals surface area (Å²) in [7, 11) is 3.85. The second-order valence-electron chi connectivity index (χ2n) is 3.98. The molecule has 0 saturated heterocycles. The van der Waals surface area contributed by atoms with Crippen molar-refractivity contribution < 1.29 is 9.84 Å². The van der Waals surface area contributed by atoms with E-state index in [0.29, 0.717) is 18.2 Å². The van der Waals surface area contributed by atoms with E-state index in [1.807, 2.05) is 37.2 Å². The van der Waals surface area contributed by atoms with E-state index in [9.17, 15) is 0 Å². The molecule has 1 N–H and O–H groups in total. The topological polar surface area (TPSA) is 58.5 Å². The third kappa shape index (κ3) is 3.18. The van der Waals surface area contributed by atoms with Crippen LogP contribution in [-0.4, -0.2) is 28.6 Å². The molecule has 2 rings (SSSR count). The van der Waals surface area contributed by atoms with Gasteiger partial charge in [0, 0.05) is 25.6 Å². The fraction of sp³-hybridized carbons (Fsp3) is 0.333. The molecule has 0 aliphatic heterocycles. The van der Waals surface area contributed by atoms with Gasteiger partial charge in [0.2, 0.25) is 5.13 Å². The Morgan fingerprint density at radius 2 is 2.22 bits per heavy atom. The zero-order valence-corrected chi connectivity index (χ0v) is 11.1. The molecule has 1 heterocycles. The van der Waals surface area contributed by atoms with Gasteiger partial charge in [-0.25, -0.2) is 0 Å². The lowest BCUT2D eigenvalue weighted by atomic mass is 10.2. The van der Waals surface area contributed by atoms with Crippen LogP contribution in [0.15, 0.2) is 24.3 Å². The number of nitrogens with zero attached hydrogens (tertiary/aromatic N) is 3. The van der Waals surface area contributed by atoms with Crippen LogP contribution >= 0.6 is 11.5 Å². The van der Waals surface area contributed by atoms with Crippen molar-refractivity contribution in [2.24, 2.45) is 0 Å². The van der Waals surface area contributed by atoms with Gasteiger partial charge < -0.3 is 14.7 Å². The first-order valence-corrected chi connectivity index (χ1v) is 6.29. The molecule has 0 unspecified atom stereocenters. The molecule has 96 valence electrons. The number of hydrogen-bond acceptors (Lipinski definition) is 6. The maximum absolute atomic E-state index is 9.03. The summed E-state index contributed by atoms with van der Waals surface area (Å²) < 4.78 is 9.79. The van der Waals surface area contributed by atoms with Gasteiger partial charge in [-0.1, -0.05) is 12.1 Å². The van der Waals surface area contributed by atoms with Crippen molar-refractivity contribution >= 4 is 16.7 Å². The van der Waals surface area contributed by atoms with Crippen molar-refractivity contribution in [2.45, 2.75) is 13.2 Å². The standard InChI is InChI=1S/C12H15N3O2S/c1-15(2)12-13-11(14-18-12)8-17-10-5-3-4-9(6-10)7-16/h3-6,16H,7-8H2,1-2H3. The predicted octanol–water partition coefficient (Wildman–Crippen LogP) is 1.68. The summed E-state index contributed by atoms with van der Waals surface area (Å²) in [5.41, 5.74) is 0.827. The molecular weight excluding hydrogens is 250 g/mol. The predicted molar refractivity (Wildman–Crippen MR) is 70.9 cm³/mol. The van der Waals surface area contributed by atoms with Gasteiger partial charge in [-0.3, -0.25) is 0 Å². The zero-order valence-electron chi connectivity index (χ0n) is 10.3. The Bertz CT molecular complexity index is 514. The van der Waals surface area contributed by atoms with Gasteiger partial charge in [0.1, 0.15) is 12.4 Å². The molecule has 0 radical (unpaired) electrons. The summed E-state index contributed by atoms with van der Waals surface area (Å²) >= 11 is 1.35. The van der Waals surface area contributed by atoms with E-state index in [1.165, 1.54) is 11.5 Å². The van der Waals surface area contributed by atoms with Crippen molar-refractivity contribution in [1.82, 2.24) is 9.36 Å². The van der Waals surface area contributed by atoms with Crippen LogP contribution in [0.3, 0.4) is 0 Å². The highest BCUT2D eigenvalue weighted by Crippen LogP contribution is 2.17. The van der Waals surface area contributed by atoms with E-state index < -0.39 is 0 Å². The molecule has 0 fully saturated rings. The van der Waals surface area contributed by atoms with Gasteiger partial charge in [0.05, 0.1) is 6.61 Å². The van der Waals surface area contributed by atoms with E-state index in [-0.39, 0.29) is 6.61 Å². The molecule has 0 bridgehead atoms. The SMILES string of the molecule is CN(C)c1nc(COc2cccc(CO)c2)ns1. The molecule has 1 aromatic heterocycles. The molecule has 0 amide bonds. The maximum Gasteiger partial charge on any atom is 0.204 e. The molecule has 0 atom stereocenters. The van der Waals surface area contributed by atoms with Gasteiger partial charge in [-0.2, -0.15) is 9.36 Å². The summed E-state index contributed by atoms with van der Waals surface area (Å²) in [5.74, 6) is 1.38. The highest BCUT2D eigenvalue weighted by Gasteiger charge is 2.06. The smallest absolute Gasteiger partial charge is 0.204 e. The lowest BCUT2D eigenvalue weighted by molar-refractivity contribution is 0.276. The Labute approximate surface area is 110 Å². The molecule has 0 spiro atoms. The fourth-order valence-electron chi connectivity index (χ4n) is 1.37. The molecule has 6 heteroatoms. The highest BCUT2D eigenvalue weighted by molar-refractivity contribution is 7.09. The largest absolute Gasteiger partial charge is 0.486 e. The molecule has 18 heavy (non-hydrogen) atoms. The first-order chi connectivity index (χ1) is 8.69. The van der Waals surface area contributed by atoms with Gasteiger partial charge in [-0.05, 0) is 17.7 Å². The van der Waals surface area contributed by atoms with Crippen LogP contribution < -0.4 is 9.64 Å². The van der Waals surface area contributed by atoms with E-state index >= 15 is 0 Å². The van der Waals surface area contributed by atoms with Crippen molar-refractivity contribution in [2.75, 3.05) is 19.0 Å². The number of ether oxygens (including phenoxy) is 1. The van der Waals surface area contributed by atoms with Crippen molar-refractivity contribution in [1.29, 1.82) is 0 Å². The Balaban J connectivity index is 1.97. The van der Waals surface area contributed by atoms with Crippen LogP contribution in [0, 0.1) is 0 Å². The van der Waals surface area contributed by atoms with Crippen molar-refractivity contribution in [3.63, 3.8) is 0 Å². The molecule has 0 aliphatic carbocycles. The minimum atomic E-state index is 0.0108. The Morgan fingerprint density at radius 1 is 1.39 bits per heavy atom. The zero-order chi connectivity index (χ0) is 13.0. The van der Waals surface area contributed by atoms with Crippen LogP contribution in [0.4, 0.5) is 5.13 Å². The number of rotatable bonds is 5. The first kappa shape index (κ1) is 12.8. The molecule has 5 nitrogen and oxygen atoms in total. The van der Waals surface area contributed by atoms with Crippen LogP contribution in [0.25, 0.3) is 0 Å². The van der Waals surface area contributed by atoms with E-state index in [4.69, 9.17) is 9.84 Å². The van der Waals surface area contributed by atoms with E-state index in [0.717, 1.165) is 10.7 Å². The molecule has 0 saturated carbocycles. The van der Waals surface area contributed by atoms with Crippen LogP contribution in [0.1, 0.15) is 11.4 Å². The molecule has 2 aromatic rings. The van der Waals surface area contributed by atoms with Gasteiger partial charge >= 0.3 is 0 Å². The van der Waals surface area contributed by atoms with Crippen molar-refractivity contribution in [3.8, 4) is 5.75 Å². The number of benzene rings is 1. The Kier molecular flexibility index (Phi) is 4.11. The average molecular weight is 265 g/mol. The van der Waals surface area contributed by atoms with Gasteiger partial charge in [0.25, 0.3) is 0 Å². The molecule has 1 aromatic carbocycles. The van der Waals surface area contributed by atoms with E-state index in [1.54, 1.807) is 6.07 Å². The molecule has 0 aliphatic rings. The quantitative estimate of drug-likeness (QED) is 0.891. The minimum absolute atomic E-state index is 0.0108. The summed E-state index contributed by atoms with van der Waals surface area (Å²) in [6.45, 7) is 0.343. The minimum Gasteiger partial charge on any atom is -0.486 e. The van der Waals surface area contributed by atoms with Crippen LogP contribution in [-0.2, 0) is 13.2 Å². The molecular formula is C12H15N3O2S. The monoisotopic (exact) mass is 265 g/mol. The number of aliphatic hydroxyl groups excluding tert-OH is 1. The maximum atomic E-state index is 9.03. The number of anilines is 1. The van der Waals surface area contributed by atoms with Crippen LogP contribution in [0.5, 0.6) is 5.75 Å². The van der Waals surface area contributed by atoms with Gasteiger partial charge in [0.15, 0.2) is 5.82 Å². The lowest BCUT2D eigenvalue weighted by Gasteiger charge is -2.06. The first-order valence-electron chi connectivity index (χ1n) is 5.51. The highest BCUT2D eigenvalue weighted by atomic mass is 32.1. The number of hydrogen-bond donors (Lipinski definition) is 1. The fourth-order valence-corrected chi connectivity index (χ4v) is 1.96. The Morgan fingerprint density at radius 3 is 2.89 bits per heavy atom. The summed E-state index contributed by atoms with van der Waals surface area (Å²) in [4.78, 5) is 6.24. The average Bonchev–Trinajstić information content (AvgIpc) is 2.85. The summed E-state index contributed by atoms with van der Waals surface area (Å²) in [6.07, 6.45) is 0. The summed E-state index contributed by atoms with van der Waals surface area (Å²) in [6, 6.07) is 7.34. The number of aromatic nitrogens is 2. The second-order valence-corrected chi connectivity index (χ2v) is 4.71. The third-order valence-electron chi connectivity index (χ3n) is 2.29. The van der Waals surface area contributed by atoms with Crippen LogP contribution in [0.2, 0.25) is 0 Å². The third-order valence-corrected chi connectivity index (χ3v) is 3.21. The van der Waals surface area contributed by atoms with E-state index in [2.05, 4.69) is 9.36 Å². The Hall–Kier alpha value is -1.66. The van der Waals surface area contributed by atoms with Crippen molar-refractivity contribution in [3.05, 3.63) is 35.7 Å². The second kappa shape index (κ2) is 5.79. The lowest BCUT2D eigenvalue weighted by Crippen LogP contribution is -2.08. The van der Waals surface area contributed by atoms with Gasteiger partial charge in [-0.15, -0.1) is 0 Å². The normalized spacial score (nSPS) is 10.4. The number of aliphatic hydroxyl groups is 1. The summed E-state index contributed by atoms with van der Waals surface area (Å²) in [5, 5.41) is 9.89.